The van der Waals surface area contributed by atoms with Gasteiger partial charge in [-0.15, -0.1) is 0 Å². The van der Waals surface area contributed by atoms with Gasteiger partial charge in [-0.1, -0.05) is 111 Å². The maximum atomic E-state index is 7.73. The molecule has 4 aliphatic rings. The average Bonchev–Trinajstić information content (AvgIpc) is 3.52. The molecule has 4 aliphatic carbocycles. The first kappa shape index (κ1) is 18.7. The van der Waals surface area contributed by atoms with Gasteiger partial charge < -0.3 is 4.12 Å². The molecule has 3 heteroatoms. The van der Waals surface area contributed by atoms with Gasteiger partial charge >= 0.3 is 0 Å². The Morgan fingerprint density at radius 2 is 0.704 bits per heavy atom. The molecule has 0 atom stereocenters. The number of allylic oxidation sites excluding steroid dienone is 16. The molecule has 0 aromatic heterocycles. The van der Waals surface area contributed by atoms with E-state index in [2.05, 4.69) is 111 Å². The van der Waals surface area contributed by atoms with E-state index in [0.717, 1.165) is 12.1 Å². The summed E-state index contributed by atoms with van der Waals surface area (Å²) in [4.78, 5) is 0. The maximum Gasteiger partial charge on any atom is 0.201 e. The van der Waals surface area contributed by atoms with E-state index in [9.17, 15) is 0 Å². The fourth-order valence-electron chi connectivity index (χ4n) is 5.19. The van der Waals surface area contributed by atoms with Crippen LogP contribution in [0.3, 0.4) is 0 Å². The van der Waals surface area contributed by atoms with E-state index in [1.54, 1.807) is 0 Å². The van der Waals surface area contributed by atoms with E-state index in [1.807, 2.05) is 0 Å². The van der Waals surface area contributed by atoms with Crippen LogP contribution in [0.1, 0.15) is 13.8 Å². The summed E-state index contributed by atoms with van der Waals surface area (Å²) in [6.45, 7) is 4.73. The molecule has 0 spiro atoms. The SMILES string of the molecule is CC[Si](O[Si](CC)(C1C=CC=C1)C1C=CC=C1)(C1C=CC=C1)C1C=CC=C1. The summed E-state index contributed by atoms with van der Waals surface area (Å²) in [6, 6.07) is 2.28. The molecule has 0 N–H and O–H groups in total. The molecular weight excluding hydrogens is 360 g/mol. The Hall–Kier alpha value is -1.69. The van der Waals surface area contributed by atoms with Crippen LogP contribution in [0.5, 0.6) is 0 Å². The fraction of sp³-hybridized carbons (Fsp3) is 0.333. The standard InChI is InChI=1S/C24H30OSi2/c1-3-26(21-13-5-6-14-21,22-15-7-8-16-22)25-27(4-2,23-17-9-10-18-23)24-19-11-12-20-24/h5-24H,3-4H2,1-2H3. The van der Waals surface area contributed by atoms with Gasteiger partial charge in [-0.2, -0.15) is 0 Å². The third-order valence-corrected chi connectivity index (χ3v) is 18.0. The van der Waals surface area contributed by atoms with Crippen LogP contribution in [-0.4, -0.2) is 16.6 Å². The Balaban J connectivity index is 1.80. The summed E-state index contributed by atoms with van der Waals surface area (Å²) >= 11 is 0. The van der Waals surface area contributed by atoms with Gasteiger partial charge in [-0.25, -0.2) is 0 Å². The van der Waals surface area contributed by atoms with Crippen molar-refractivity contribution >= 4 is 16.6 Å². The lowest BCUT2D eigenvalue weighted by atomic mass is 10.4. The van der Waals surface area contributed by atoms with Crippen molar-refractivity contribution < 1.29 is 4.12 Å². The topological polar surface area (TPSA) is 9.23 Å². The van der Waals surface area contributed by atoms with Crippen LogP contribution in [-0.2, 0) is 4.12 Å². The quantitative estimate of drug-likeness (QED) is 0.409. The van der Waals surface area contributed by atoms with Gasteiger partial charge in [-0.05, 0) is 12.1 Å². The monoisotopic (exact) mass is 390 g/mol. The molecule has 0 bridgehead atoms. The molecule has 27 heavy (non-hydrogen) atoms. The van der Waals surface area contributed by atoms with Crippen molar-refractivity contribution in [3.8, 4) is 0 Å². The molecule has 0 saturated carbocycles. The second-order valence-corrected chi connectivity index (χ2v) is 16.6. The Kier molecular flexibility index (Phi) is 5.35. The summed E-state index contributed by atoms with van der Waals surface area (Å²) in [7, 11) is -4.23. The van der Waals surface area contributed by atoms with Crippen LogP contribution in [0.15, 0.2) is 97.2 Å². The number of rotatable bonds is 8. The molecule has 0 saturated heterocycles. The van der Waals surface area contributed by atoms with Crippen LogP contribution in [0, 0.1) is 0 Å². The minimum atomic E-state index is -2.12. The highest BCUT2D eigenvalue weighted by Crippen LogP contribution is 2.52. The maximum absolute atomic E-state index is 7.73. The average molecular weight is 391 g/mol. The second kappa shape index (κ2) is 7.74. The molecule has 0 heterocycles. The first-order valence-corrected chi connectivity index (χ1v) is 14.9. The highest BCUT2D eigenvalue weighted by molar-refractivity contribution is 6.91. The van der Waals surface area contributed by atoms with E-state index in [0.29, 0.717) is 22.2 Å². The van der Waals surface area contributed by atoms with Gasteiger partial charge in [0.1, 0.15) is 0 Å². The van der Waals surface area contributed by atoms with Gasteiger partial charge in [0.2, 0.25) is 16.6 Å². The van der Waals surface area contributed by atoms with E-state index >= 15 is 0 Å². The molecule has 4 rings (SSSR count). The summed E-state index contributed by atoms with van der Waals surface area (Å²) in [5.74, 6) is 0. The van der Waals surface area contributed by atoms with E-state index < -0.39 is 16.6 Å². The van der Waals surface area contributed by atoms with Crippen LogP contribution in [0.25, 0.3) is 0 Å². The predicted octanol–water partition coefficient (Wildman–Crippen LogP) is 6.92. The van der Waals surface area contributed by atoms with E-state index in [-0.39, 0.29) is 0 Å². The number of hydrogen-bond acceptors (Lipinski definition) is 1. The lowest BCUT2D eigenvalue weighted by molar-refractivity contribution is 0.490. The van der Waals surface area contributed by atoms with Gasteiger partial charge in [0.25, 0.3) is 0 Å². The number of hydrogen-bond donors (Lipinski definition) is 0. The molecule has 0 radical (unpaired) electrons. The fourth-order valence-corrected chi connectivity index (χ4v) is 17.6. The third-order valence-electron chi connectivity index (χ3n) is 6.73. The first-order chi connectivity index (χ1) is 13.2. The first-order valence-electron chi connectivity index (χ1n) is 10.4. The predicted molar refractivity (Wildman–Crippen MR) is 122 cm³/mol. The molecular formula is C24H30OSi2. The minimum Gasteiger partial charge on any atom is -0.452 e. The Bertz CT molecular complexity index is 623. The molecule has 0 aromatic carbocycles. The lowest BCUT2D eigenvalue weighted by Crippen LogP contribution is -2.58. The van der Waals surface area contributed by atoms with Gasteiger partial charge in [0, 0.05) is 22.2 Å². The smallest absolute Gasteiger partial charge is 0.201 e. The van der Waals surface area contributed by atoms with Crippen LogP contribution < -0.4 is 0 Å². The van der Waals surface area contributed by atoms with E-state index in [4.69, 9.17) is 4.12 Å². The lowest BCUT2D eigenvalue weighted by Gasteiger charge is -2.49. The molecule has 1 nitrogen and oxygen atoms in total. The summed E-state index contributed by atoms with van der Waals surface area (Å²) < 4.78 is 7.73. The molecule has 0 aromatic rings. The Morgan fingerprint density at radius 1 is 0.481 bits per heavy atom. The zero-order valence-electron chi connectivity index (χ0n) is 16.4. The van der Waals surface area contributed by atoms with Crippen LogP contribution in [0.4, 0.5) is 0 Å². The normalized spacial score (nSPS) is 22.6. The van der Waals surface area contributed by atoms with Crippen LogP contribution in [0.2, 0.25) is 34.3 Å². The third kappa shape index (κ3) is 3.12. The van der Waals surface area contributed by atoms with Gasteiger partial charge in [0.15, 0.2) is 0 Å². The zero-order chi connectivity index (χ0) is 18.7. The molecule has 140 valence electrons. The van der Waals surface area contributed by atoms with Crippen molar-refractivity contribution in [2.75, 3.05) is 0 Å². The van der Waals surface area contributed by atoms with Crippen molar-refractivity contribution in [2.24, 2.45) is 0 Å². The molecule has 0 aliphatic heterocycles. The molecule has 0 amide bonds. The van der Waals surface area contributed by atoms with Crippen molar-refractivity contribution in [3.05, 3.63) is 97.2 Å². The zero-order valence-corrected chi connectivity index (χ0v) is 18.4. The van der Waals surface area contributed by atoms with E-state index in [1.165, 1.54) is 0 Å². The van der Waals surface area contributed by atoms with Gasteiger partial charge in [-0.3, -0.25) is 0 Å². The highest BCUT2D eigenvalue weighted by Gasteiger charge is 2.55. The van der Waals surface area contributed by atoms with Crippen molar-refractivity contribution in [1.29, 1.82) is 0 Å². The highest BCUT2D eigenvalue weighted by atomic mass is 28.4. The summed E-state index contributed by atoms with van der Waals surface area (Å²) in [6.07, 6.45) is 36.9. The Labute approximate surface area is 166 Å². The van der Waals surface area contributed by atoms with Crippen molar-refractivity contribution in [3.63, 3.8) is 0 Å². The Morgan fingerprint density at radius 3 is 0.889 bits per heavy atom. The van der Waals surface area contributed by atoms with Crippen molar-refractivity contribution in [1.82, 2.24) is 0 Å². The van der Waals surface area contributed by atoms with Gasteiger partial charge in [0.05, 0.1) is 0 Å². The van der Waals surface area contributed by atoms with Crippen molar-refractivity contribution in [2.45, 2.75) is 48.1 Å². The summed E-state index contributed by atoms with van der Waals surface area (Å²) in [5.41, 5.74) is 1.84. The molecule has 0 fully saturated rings. The summed E-state index contributed by atoms with van der Waals surface area (Å²) in [5, 5.41) is 0. The molecule has 0 unspecified atom stereocenters. The largest absolute Gasteiger partial charge is 0.452 e. The van der Waals surface area contributed by atoms with Crippen LogP contribution >= 0.6 is 0 Å². The second-order valence-electron chi connectivity index (χ2n) is 7.90. The minimum absolute atomic E-state index is 0.460.